The molecule has 1 unspecified atom stereocenters. The van der Waals surface area contributed by atoms with Gasteiger partial charge in [0.1, 0.15) is 12.4 Å². The third-order valence-electron chi connectivity index (χ3n) is 4.63. The van der Waals surface area contributed by atoms with Gasteiger partial charge in [0.15, 0.2) is 11.6 Å². The van der Waals surface area contributed by atoms with Crippen LogP contribution in [0.25, 0.3) is 0 Å². The first-order chi connectivity index (χ1) is 12.7. The van der Waals surface area contributed by atoms with Crippen molar-refractivity contribution in [1.82, 2.24) is 9.80 Å². The number of carboxylic acids is 1. The molecule has 0 radical (unpaired) electrons. The van der Waals surface area contributed by atoms with Gasteiger partial charge in [-0.2, -0.15) is 0 Å². The Morgan fingerprint density at radius 2 is 1.78 bits per heavy atom. The highest BCUT2D eigenvalue weighted by atomic mass is 19.2. The molecule has 0 aliphatic carbocycles. The van der Waals surface area contributed by atoms with Crippen molar-refractivity contribution in [3.63, 3.8) is 0 Å². The Labute approximate surface area is 154 Å². The Morgan fingerprint density at radius 1 is 1.11 bits per heavy atom. The highest BCUT2D eigenvalue weighted by Gasteiger charge is 2.28. The molecule has 27 heavy (non-hydrogen) atoms. The van der Waals surface area contributed by atoms with Gasteiger partial charge in [-0.15, -0.1) is 0 Å². The highest BCUT2D eigenvalue weighted by Crippen LogP contribution is 2.19. The van der Waals surface area contributed by atoms with Crippen LogP contribution in [0.5, 0.6) is 0 Å². The molecular formula is C18H21F3N2O4. The smallest absolute Gasteiger partial charge is 0.323 e. The normalized spacial score (nSPS) is 17.3. The highest BCUT2D eigenvalue weighted by molar-refractivity contribution is 5.80. The van der Waals surface area contributed by atoms with Gasteiger partial charge < -0.3 is 14.9 Å². The second-order valence-electron chi connectivity index (χ2n) is 6.54. The van der Waals surface area contributed by atoms with Crippen LogP contribution >= 0.6 is 0 Å². The summed E-state index contributed by atoms with van der Waals surface area (Å²) in [6, 6.07) is 0.775. The number of hydrogen-bond donors (Lipinski definition) is 1. The van der Waals surface area contributed by atoms with Crippen LogP contribution in [0.15, 0.2) is 12.1 Å². The molecule has 0 spiro atoms. The zero-order valence-electron chi connectivity index (χ0n) is 14.9. The Bertz CT molecular complexity index is 742. The molecule has 1 atom stereocenters. The van der Waals surface area contributed by atoms with Crippen molar-refractivity contribution in [2.75, 3.05) is 19.6 Å². The van der Waals surface area contributed by atoms with Crippen molar-refractivity contribution >= 4 is 17.8 Å². The number of carboxylic acid groups (broad SMARTS) is 1. The molecule has 0 bridgehead atoms. The van der Waals surface area contributed by atoms with Crippen molar-refractivity contribution in [2.24, 2.45) is 0 Å². The molecular weight excluding hydrogens is 365 g/mol. The summed E-state index contributed by atoms with van der Waals surface area (Å²) < 4.78 is 40.0. The van der Waals surface area contributed by atoms with Crippen LogP contribution < -0.4 is 0 Å². The second-order valence-corrected chi connectivity index (χ2v) is 6.54. The third kappa shape index (κ3) is 5.45. The van der Waals surface area contributed by atoms with Crippen molar-refractivity contribution in [1.29, 1.82) is 0 Å². The number of aliphatic carboxylic acids is 1. The molecule has 1 fully saturated rings. The van der Waals surface area contributed by atoms with E-state index in [9.17, 15) is 27.6 Å². The minimum absolute atomic E-state index is 0.226. The van der Waals surface area contributed by atoms with E-state index in [-0.39, 0.29) is 24.1 Å². The van der Waals surface area contributed by atoms with Crippen LogP contribution in [0.2, 0.25) is 0 Å². The molecule has 148 valence electrons. The van der Waals surface area contributed by atoms with Gasteiger partial charge in [-0.05, 0) is 25.3 Å². The van der Waals surface area contributed by atoms with Crippen LogP contribution in [0.1, 0.15) is 31.7 Å². The summed E-state index contributed by atoms with van der Waals surface area (Å²) in [6.07, 6.45) is 1.06. The molecule has 1 aromatic rings. The molecule has 6 nitrogen and oxygen atoms in total. The Kier molecular flexibility index (Phi) is 6.81. The summed E-state index contributed by atoms with van der Waals surface area (Å²) in [6.45, 7) is 1.51. The number of likely N-dealkylation sites (tertiary alicyclic amines) is 1. The van der Waals surface area contributed by atoms with Crippen LogP contribution in [0.4, 0.5) is 13.2 Å². The van der Waals surface area contributed by atoms with Gasteiger partial charge in [0.25, 0.3) is 0 Å². The lowest BCUT2D eigenvalue weighted by Gasteiger charge is -2.28. The van der Waals surface area contributed by atoms with Crippen LogP contribution in [-0.2, 0) is 20.8 Å². The summed E-state index contributed by atoms with van der Waals surface area (Å²) in [7, 11) is 0. The number of carbonyl (C=O) groups is 3. The fraction of sp³-hybridized carbons (Fsp3) is 0.500. The molecule has 0 saturated carbocycles. The average molecular weight is 386 g/mol. The summed E-state index contributed by atoms with van der Waals surface area (Å²) in [5, 5.41) is 8.95. The first-order valence-corrected chi connectivity index (χ1v) is 8.59. The zero-order chi connectivity index (χ0) is 20.1. The molecule has 2 rings (SSSR count). The number of hydrogen-bond acceptors (Lipinski definition) is 3. The lowest BCUT2D eigenvalue weighted by molar-refractivity contribution is -0.145. The fourth-order valence-corrected chi connectivity index (χ4v) is 3.26. The van der Waals surface area contributed by atoms with Crippen LogP contribution in [0.3, 0.4) is 0 Å². The standard InChI is InChI=1S/C18H21F3N2O4/c1-11(24)23(10-18(26)27)13-3-2-5-22(6-4-13)17(25)8-12-7-15(20)16(21)9-14(12)19/h7,9,13H,2-6,8,10H2,1H3,(H,26,27). The molecule has 1 aromatic carbocycles. The predicted molar refractivity (Wildman–Crippen MR) is 89.3 cm³/mol. The number of halogens is 3. The first kappa shape index (κ1) is 20.7. The van der Waals surface area contributed by atoms with Crippen LogP contribution in [-0.4, -0.2) is 58.4 Å². The molecule has 1 aliphatic heterocycles. The van der Waals surface area contributed by atoms with Gasteiger partial charge >= 0.3 is 5.97 Å². The van der Waals surface area contributed by atoms with E-state index in [0.29, 0.717) is 37.9 Å². The molecule has 1 saturated heterocycles. The monoisotopic (exact) mass is 386 g/mol. The molecule has 1 heterocycles. The summed E-state index contributed by atoms with van der Waals surface area (Å²) in [4.78, 5) is 37.8. The maximum absolute atomic E-state index is 13.7. The van der Waals surface area contributed by atoms with Crippen LogP contribution in [0, 0.1) is 17.5 Å². The van der Waals surface area contributed by atoms with E-state index in [0.717, 1.165) is 0 Å². The van der Waals surface area contributed by atoms with Gasteiger partial charge in [0.2, 0.25) is 11.8 Å². The van der Waals surface area contributed by atoms with Gasteiger partial charge in [-0.3, -0.25) is 14.4 Å². The molecule has 9 heteroatoms. The van der Waals surface area contributed by atoms with Gasteiger partial charge in [-0.25, -0.2) is 13.2 Å². The maximum Gasteiger partial charge on any atom is 0.323 e. The Morgan fingerprint density at radius 3 is 2.41 bits per heavy atom. The van der Waals surface area contributed by atoms with Gasteiger partial charge in [0, 0.05) is 37.7 Å². The topological polar surface area (TPSA) is 77.9 Å². The van der Waals surface area contributed by atoms with E-state index in [2.05, 4.69) is 0 Å². The minimum Gasteiger partial charge on any atom is -0.480 e. The van der Waals surface area contributed by atoms with Gasteiger partial charge in [0.05, 0.1) is 6.42 Å². The average Bonchev–Trinajstić information content (AvgIpc) is 2.83. The molecule has 1 N–H and O–H groups in total. The van der Waals surface area contributed by atoms with E-state index >= 15 is 0 Å². The third-order valence-corrected chi connectivity index (χ3v) is 4.63. The lowest BCUT2D eigenvalue weighted by Crippen LogP contribution is -2.43. The lowest BCUT2D eigenvalue weighted by atomic mass is 10.1. The second kappa shape index (κ2) is 8.88. The largest absolute Gasteiger partial charge is 0.480 e. The van der Waals surface area contributed by atoms with Crippen molar-refractivity contribution in [3.8, 4) is 0 Å². The van der Waals surface area contributed by atoms with Crippen molar-refractivity contribution in [2.45, 2.75) is 38.6 Å². The number of benzene rings is 1. The number of nitrogens with zero attached hydrogens (tertiary/aromatic N) is 2. The molecule has 2 amide bonds. The van der Waals surface area contributed by atoms with E-state index < -0.39 is 42.3 Å². The Balaban J connectivity index is 2.03. The number of rotatable bonds is 5. The minimum atomic E-state index is -1.32. The van der Waals surface area contributed by atoms with Crippen molar-refractivity contribution < 1.29 is 32.7 Å². The van der Waals surface area contributed by atoms with E-state index in [1.807, 2.05) is 0 Å². The van der Waals surface area contributed by atoms with Gasteiger partial charge in [-0.1, -0.05) is 0 Å². The summed E-state index contributed by atoms with van der Waals surface area (Å²) in [5.41, 5.74) is -0.226. The van der Waals surface area contributed by atoms with E-state index in [1.165, 1.54) is 16.7 Å². The summed E-state index contributed by atoms with van der Waals surface area (Å²) in [5.74, 6) is -5.43. The number of amides is 2. The SMILES string of the molecule is CC(=O)N(CC(=O)O)C1CCCN(C(=O)Cc2cc(F)c(F)cc2F)CC1. The van der Waals surface area contributed by atoms with Crippen molar-refractivity contribution in [3.05, 3.63) is 35.1 Å². The first-order valence-electron chi connectivity index (χ1n) is 8.59. The zero-order valence-corrected chi connectivity index (χ0v) is 14.9. The molecule has 0 aromatic heterocycles. The molecule has 1 aliphatic rings. The maximum atomic E-state index is 13.7. The quantitative estimate of drug-likeness (QED) is 0.785. The fourth-order valence-electron chi connectivity index (χ4n) is 3.26. The number of carbonyl (C=O) groups excluding carboxylic acids is 2. The predicted octanol–water partition coefficient (Wildman–Crippen LogP) is 1.96. The van der Waals surface area contributed by atoms with E-state index in [1.54, 1.807) is 0 Å². The summed E-state index contributed by atoms with van der Waals surface area (Å²) >= 11 is 0. The Hall–Kier alpha value is -2.58. The van der Waals surface area contributed by atoms with E-state index in [4.69, 9.17) is 5.11 Å².